The molecule has 2 heterocycles. The van der Waals surface area contributed by atoms with Gasteiger partial charge in [-0.15, -0.1) is 0 Å². The number of anilines is 1. The molecular formula is C14H23N3O2S. The summed E-state index contributed by atoms with van der Waals surface area (Å²) in [5, 5.41) is 3.02. The Hall–Kier alpha value is -1.14. The maximum absolute atomic E-state index is 12.8. The summed E-state index contributed by atoms with van der Waals surface area (Å²) in [5.41, 5.74) is 0. The van der Waals surface area contributed by atoms with Crippen molar-refractivity contribution < 1.29 is 8.42 Å². The largest absolute Gasteiger partial charge is 0.369 e. The second kappa shape index (κ2) is 6.10. The number of sulfonamides is 1. The third-order valence-corrected chi connectivity index (χ3v) is 5.93. The predicted molar refractivity (Wildman–Crippen MR) is 80.1 cm³/mol. The summed E-state index contributed by atoms with van der Waals surface area (Å²) in [6.45, 7) is 8.05. The van der Waals surface area contributed by atoms with Crippen LogP contribution in [0.25, 0.3) is 0 Å². The summed E-state index contributed by atoms with van der Waals surface area (Å²) in [6, 6.07) is 3.30. The van der Waals surface area contributed by atoms with Gasteiger partial charge in [0, 0.05) is 25.8 Å². The first-order chi connectivity index (χ1) is 9.46. The van der Waals surface area contributed by atoms with E-state index >= 15 is 0 Å². The molecular weight excluding hydrogens is 274 g/mol. The number of hydrogen-bond acceptors (Lipinski definition) is 4. The van der Waals surface area contributed by atoms with E-state index in [4.69, 9.17) is 0 Å². The molecule has 20 heavy (non-hydrogen) atoms. The number of aromatic nitrogens is 1. The summed E-state index contributed by atoms with van der Waals surface area (Å²) in [4.78, 5) is 4.43. The van der Waals surface area contributed by atoms with Crippen molar-refractivity contribution in [3.63, 3.8) is 0 Å². The van der Waals surface area contributed by atoms with Crippen LogP contribution in [0.4, 0.5) is 5.82 Å². The molecule has 112 valence electrons. The first kappa shape index (κ1) is 15.3. The van der Waals surface area contributed by atoms with E-state index in [2.05, 4.69) is 24.1 Å². The second-order valence-electron chi connectivity index (χ2n) is 5.49. The number of pyridine rings is 1. The molecule has 1 aromatic rings. The third-order valence-electron chi connectivity index (χ3n) is 4.03. The third kappa shape index (κ3) is 2.96. The minimum Gasteiger partial charge on any atom is -0.369 e. The molecule has 1 N–H and O–H groups in total. The van der Waals surface area contributed by atoms with Crippen LogP contribution < -0.4 is 5.32 Å². The van der Waals surface area contributed by atoms with E-state index in [1.54, 1.807) is 22.6 Å². The van der Waals surface area contributed by atoms with Crippen LogP contribution in [0.3, 0.4) is 0 Å². The van der Waals surface area contributed by atoms with Crippen molar-refractivity contribution in [2.75, 3.05) is 25.0 Å². The molecule has 0 bridgehead atoms. The molecule has 1 aliphatic rings. The molecule has 1 fully saturated rings. The topological polar surface area (TPSA) is 62.3 Å². The number of nitrogens with zero attached hydrogens (tertiary/aromatic N) is 2. The van der Waals surface area contributed by atoms with Crippen molar-refractivity contribution in [3.8, 4) is 0 Å². The number of hydrogen-bond donors (Lipinski definition) is 1. The average Bonchev–Trinajstić information content (AvgIpc) is 2.42. The fourth-order valence-electron chi connectivity index (χ4n) is 2.48. The Kier molecular flexibility index (Phi) is 4.65. The van der Waals surface area contributed by atoms with Crippen molar-refractivity contribution in [2.45, 2.75) is 32.1 Å². The molecule has 0 spiro atoms. The predicted octanol–water partition coefficient (Wildman–Crippen LogP) is 2.18. The molecule has 1 aromatic heterocycles. The van der Waals surface area contributed by atoms with Gasteiger partial charge in [-0.3, -0.25) is 0 Å². The lowest BCUT2D eigenvalue weighted by Crippen LogP contribution is -2.42. The summed E-state index contributed by atoms with van der Waals surface area (Å²) >= 11 is 0. The van der Waals surface area contributed by atoms with Crippen molar-refractivity contribution in [1.82, 2.24) is 9.29 Å². The summed E-state index contributed by atoms with van der Waals surface area (Å²) in [6.07, 6.45) is 2.52. The molecule has 6 heteroatoms. The van der Waals surface area contributed by atoms with Gasteiger partial charge in [-0.1, -0.05) is 13.8 Å². The van der Waals surface area contributed by atoms with Gasteiger partial charge in [-0.25, -0.2) is 13.4 Å². The Labute approximate surface area is 121 Å². The van der Waals surface area contributed by atoms with Crippen LogP contribution in [0.2, 0.25) is 0 Å². The van der Waals surface area contributed by atoms with E-state index in [1.165, 1.54) is 0 Å². The van der Waals surface area contributed by atoms with Gasteiger partial charge in [0.1, 0.15) is 10.7 Å². The molecule has 0 aliphatic carbocycles. The fourth-order valence-corrected chi connectivity index (χ4v) is 4.16. The number of nitrogens with one attached hydrogen (secondary N) is 1. The highest BCUT2D eigenvalue weighted by atomic mass is 32.2. The van der Waals surface area contributed by atoms with Gasteiger partial charge in [0.15, 0.2) is 0 Å². The highest BCUT2D eigenvalue weighted by molar-refractivity contribution is 7.89. The maximum Gasteiger partial charge on any atom is 0.246 e. The van der Waals surface area contributed by atoms with Gasteiger partial charge in [0.05, 0.1) is 0 Å². The van der Waals surface area contributed by atoms with E-state index in [1.807, 2.05) is 6.92 Å². The zero-order valence-electron chi connectivity index (χ0n) is 12.3. The van der Waals surface area contributed by atoms with Crippen molar-refractivity contribution in [2.24, 2.45) is 11.8 Å². The van der Waals surface area contributed by atoms with Crippen LogP contribution in [0.1, 0.15) is 27.2 Å². The fraction of sp³-hybridized carbons (Fsp3) is 0.643. The van der Waals surface area contributed by atoms with Gasteiger partial charge in [-0.05, 0) is 37.3 Å². The smallest absolute Gasteiger partial charge is 0.246 e. The minimum atomic E-state index is -3.46. The maximum atomic E-state index is 12.8. The monoisotopic (exact) mass is 297 g/mol. The minimum absolute atomic E-state index is 0.281. The Morgan fingerprint density at radius 3 is 2.80 bits per heavy atom. The Morgan fingerprint density at radius 2 is 2.15 bits per heavy atom. The zero-order valence-corrected chi connectivity index (χ0v) is 13.2. The molecule has 2 unspecified atom stereocenters. The van der Waals surface area contributed by atoms with Gasteiger partial charge >= 0.3 is 0 Å². The van der Waals surface area contributed by atoms with Crippen LogP contribution >= 0.6 is 0 Å². The van der Waals surface area contributed by atoms with Gasteiger partial charge in [0.2, 0.25) is 10.0 Å². The van der Waals surface area contributed by atoms with Crippen LogP contribution in [0.15, 0.2) is 23.2 Å². The molecule has 1 saturated heterocycles. The molecule has 5 nitrogen and oxygen atoms in total. The van der Waals surface area contributed by atoms with E-state index in [-0.39, 0.29) is 4.90 Å². The Balaban J connectivity index is 2.31. The standard InChI is InChI=1S/C14H23N3O2S/c1-4-15-14-13(6-5-8-16-14)20(18,19)17-9-7-11(2)12(3)10-17/h5-6,8,11-12H,4,7,9-10H2,1-3H3,(H,15,16). The molecule has 0 saturated carbocycles. The SMILES string of the molecule is CCNc1ncccc1S(=O)(=O)N1CCC(C)C(C)C1. The van der Waals surface area contributed by atoms with Crippen molar-refractivity contribution in [3.05, 3.63) is 18.3 Å². The Morgan fingerprint density at radius 1 is 1.40 bits per heavy atom. The van der Waals surface area contributed by atoms with Gasteiger partial charge in [-0.2, -0.15) is 4.31 Å². The summed E-state index contributed by atoms with van der Waals surface area (Å²) < 4.78 is 27.2. The molecule has 0 amide bonds. The van der Waals surface area contributed by atoms with E-state index in [0.29, 0.717) is 37.3 Å². The molecule has 2 rings (SSSR count). The highest BCUT2D eigenvalue weighted by Gasteiger charge is 2.33. The first-order valence-corrected chi connectivity index (χ1v) is 8.59. The highest BCUT2D eigenvalue weighted by Crippen LogP contribution is 2.29. The lowest BCUT2D eigenvalue weighted by Gasteiger charge is -2.34. The lowest BCUT2D eigenvalue weighted by molar-refractivity contribution is 0.212. The van der Waals surface area contributed by atoms with Gasteiger partial charge in [0.25, 0.3) is 0 Å². The average molecular weight is 297 g/mol. The molecule has 1 aliphatic heterocycles. The summed E-state index contributed by atoms with van der Waals surface area (Å²) in [5.74, 6) is 1.41. The Bertz CT molecular complexity index is 559. The van der Waals surface area contributed by atoms with Crippen LogP contribution in [-0.4, -0.2) is 37.3 Å². The van der Waals surface area contributed by atoms with Crippen molar-refractivity contribution >= 4 is 15.8 Å². The first-order valence-electron chi connectivity index (χ1n) is 7.15. The number of piperidine rings is 1. The van der Waals surface area contributed by atoms with Crippen LogP contribution in [0.5, 0.6) is 0 Å². The molecule has 2 atom stereocenters. The number of rotatable bonds is 4. The molecule has 0 aromatic carbocycles. The lowest BCUT2D eigenvalue weighted by atomic mass is 9.90. The van der Waals surface area contributed by atoms with E-state index in [0.717, 1.165) is 6.42 Å². The zero-order chi connectivity index (χ0) is 14.8. The normalized spacial score (nSPS) is 24.6. The quantitative estimate of drug-likeness (QED) is 0.925. The second-order valence-corrected chi connectivity index (χ2v) is 7.39. The van der Waals surface area contributed by atoms with Crippen LogP contribution in [-0.2, 0) is 10.0 Å². The van der Waals surface area contributed by atoms with Crippen LogP contribution in [0, 0.1) is 11.8 Å². The van der Waals surface area contributed by atoms with E-state index in [9.17, 15) is 8.42 Å². The van der Waals surface area contributed by atoms with Gasteiger partial charge < -0.3 is 5.32 Å². The van der Waals surface area contributed by atoms with Crippen molar-refractivity contribution in [1.29, 1.82) is 0 Å². The molecule has 0 radical (unpaired) electrons. The summed E-state index contributed by atoms with van der Waals surface area (Å²) in [7, 11) is -3.46. The van der Waals surface area contributed by atoms with E-state index < -0.39 is 10.0 Å².